The van der Waals surface area contributed by atoms with Crippen LogP contribution in [-0.2, 0) is 18.0 Å². The Bertz CT molecular complexity index is 1650. The fourth-order valence-corrected chi connectivity index (χ4v) is 6.49. The molecule has 226 valence electrons. The van der Waals surface area contributed by atoms with Crippen LogP contribution in [0.25, 0.3) is 0 Å². The molecule has 4 heterocycles. The third-order valence-corrected chi connectivity index (χ3v) is 8.94. The van der Waals surface area contributed by atoms with Crippen molar-refractivity contribution in [3.05, 3.63) is 99.0 Å². The van der Waals surface area contributed by atoms with Crippen LogP contribution in [0.4, 0.5) is 8.78 Å². The maximum atomic E-state index is 14.6. The predicted octanol–water partition coefficient (Wildman–Crippen LogP) is 2.92. The highest BCUT2D eigenvalue weighted by molar-refractivity contribution is 5.99. The zero-order valence-electron chi connectivity index (χ0n) is 23.7. The molecular weight excluding hydrogens is 562 g/mol. The lowest BCUT2D eigenvalue weighted by atomic mass is 9.81. The minimum atomic E-state index is -1.34. The number of nitrogens with zero attached hydrogens (tertiary/aromatic N) is 3. The van der Waals surface area contributed by atoms with Crippen LogP contribution in [0.2, 0.25) is 0 Å². The number of carbonyl (C=O) groups is 2. The van der Waals surface area contributed by atoms with Gasteiger partial charge in [0.1, 0.15) is 35.5 Å². The van der Waals surface area contributed by atoms with Gasteiger partial charge in [-0.15, -0.1) is 0 Å². The van der Waals surface area contributed by atoms with E-state index in [9.17, 15) is 28.3 Å². The van der Waals surface area contributed by atoms with Gasteiger partial charge >= 0.3 is 0 Å². The summed E-state index contributed by atoms with van der Waals surface area (Å²) in [5, 5.41) is 13.2. The smallest absolute Gasteiger partial charge is 0.274 e. The van der Waals surface area contributed by atoms with Gasteiger partial charge < -0.3 is 25.0 Å². The topological polar surface area (TPSA) is 127 Å². The number of amides is 2. The van der Waals surface area contributed by atoms with Gasteiger partial charge in [-0.2, -0.15) is 5.06 Å². The zero-order chi connectivity index (χ0) is 30.6. The summed E-state index contributed by atoms with van der Waals surface area (Å²) < 4.78 is 35.6. The fourth-order valence-electron chi connectivity index (χ4n) is 6.49. The number of aliphatic hydroxyl groups is 1. The molecule has 3 aliphatic heterocycles. The summed E-state index contributed by atoms with van der Waals surface area (Å²) in [4.78, 5) is 48.1. The van der Waals surface area contributed by atoms with Gasteiger partial charge in [0.2, 0.25) is 5.43 Å². The lowest BCUT2D eigenvalue weighted by Gasteiger charge is -2.44. The summed E-state index contributed by atoms with van der Waals surface area (Å²) in [5.74, 6) is -3.22. The van der Waals surface area contributed by atoms with Crippen molar-refractivity contribution in [3.8, 4) is 5.75 Å². The molecule has 2 fully saturated rings. The molecule has 3 N–H and O–H groups in total. The highest BCUT2D eigenvalue weighted by Gasteiger charge is 2.61. The number of hydrogen-bond acceptors (Lipinski definition) is 7. The number of ether oxygens (including phenoxy) is 1. The monoisotopic (exact) mass is 594 g/mol. The Morgan fingerprint density at radius 2 is 1.91 bits per heavy atom. The number of primary amides is 1. The van der Waals surface area contributed by atoms with E-state index in [4.69, 9.17) is 15.3 Å². The number of carbonyl (C=O) groups excluding carboxylic acids is 2. The summed E-state index contributed by atoms with van der Waals surface area (Å²) >= 11 is 0. The van der Waals surface area contributed by atoms with Crippen molar-refractivity contribution in [1.29, 1.82) is 0 Å². The van der Waals surface area contributed by atoms with Crippen LogP contribution in [0, 0.1) is 11.6 Å². The average Bonchev–Trinajstić information content (AvgIpc) is 3.13. The number of halogens is 2. The standard InChI is InChI=1S/C31H32F2N4O6/c1-17-10-11-31(28(39)18(2)37(43-31)13-20-8-9-21(32)12-23(20)33)24-15-35(17)30(41)25-27(42-16-19-6-4-3-5-7-19)26(38)22(29(34)40)14-36(24)25/h3-9,12,14,17-18,24,28,39H,10-11,13,15-16H2,1-2H3,(H2,34,40)/t17-,18?,24+,28+,31+/m0/s1. The Hall–Kier alpha value is -4.13. The summed E-state index contributed by atoms with van der Waals surface area (Å²) in [7, 11) is 0. The van der Waals surface area contributed by atoms with Crippen molar-refractivity contribution < 1.29 is 33.1 Å². The molecule has 2 aromatic carbocycles. The van der Waals surface area contributed by atoms with Crippen LogP contribution in [0.5, 0.6) is 5.75 Å². The van der Waals surface area contributed by atoms with Gasteiger partial charge in [-0.3, -0.25) is 19.2 Å². The number of hydrogen-bond donors (Lipinski definition) is 2. The van der Waals surface area contributed by atoms with Gasteiger partial charge in [-0.1, -0.05) is 36.4 Å². The molecule has 1 unspecified atom stereocenters. The summed E-state index contributed by atoms with van der Waals surface area (Å²) in [6.45, 7) is 3.59. The van der Waals surface area contributed by atoms with E-state index in [1.807, 2.05) is 13.0 Å². The molecule has 2 bridgehead atoms. The number of rotatable bonds is 6. The maximum absolute atomic E-state index is 14.6. The van der Waals surface area contributed by atoms with Crippen molar-refractivity contribution in [2.45, 2.75) is 69.7 Å². The Kier molecular flexibility index (Phi) is 7.31. The van der Waals surface area contributed by atoms with E-state index < -0.39 is 52.7 Å². The minimum absolute atomic E-state index is 0.0445. The van der Waals surface area contributed by atoms with Gasteiger partial charge in [0.25, 0.3) is 11.8 Å². The van der Waals surface area contributed by atoms with E-state index in [1.165, 1.54) is 21.9 Å². The first-order chi connectivity index (χ1) is 20.5. The molecule has 43 heavy (non-hydrogen) atoms. The number of hydroxylamine groups is 2. The van der Waals surface area contributed by atoms with Gasteiger partial charge in [0, 0.05) is 30.4 Å². The van der Waals surface area contributed by atoms with Crippen molar-refractivity contribution in [2.75, 3.05) is 6.54 Å². The summed E-state index contributed by atoms with van der Waals surface area (Å²) in [6, 6.07) is 10.6. The van der Waals surface area contributed by atoms with E-state index in [0.717, 1.165) is 17.7 Å². The van der Waals surface area contributed by atoms with E-state index in [2.05, 4.69) is 0 Å². The largest absolute Gasteiger partial charge is 0.483 e. The average molecular weight is 595 g/mol. The Labute approximate surface area is 246 Å². The number of aliphatic hydroxyl groups excluding tert-OH is 1. The molecule has 1 spiro atoms. The van der Waals surface area contributed by atoms with Crippen molar-refractivity contribution in [2.24, 2.45) is 5.73 Å². The van der Waals surface area contributed by atoms with Gasteiger partial charge in [-0.05, 0) is 38.3 Å². The number of aromatic nitrogens is 1. The lowest BCUT2D eigenvalue weighted by molar-refractivity contribution is -0.232. The van der Waals surface area contributed by atoms with E-state index >= 15 is 0 Å². The highest BCUT2D eigenvalue weighted by Crippen LogP contribution is 2.49. The van der Waals surface area contributed by atoms with Gasteiger partial charge in [0.05, 0.1) is 18.6 Å². The Balaban J connectivity index is 1.47. The highest BCUT2D eigenvalue weighted by atomic mass is 19.1. The quantitative estimate of drug-likeness (QED) is 0.449. The first-order valence-corrected chi connectivity index (χ1v) is 14.2. The molecule has 1 aromatic heterocycles. The first-order valence-electron chi connectivity index (χ1n) is 14.2. The molecule has 6 rings (SSSR count). The third kappa shape index (κ3) is 4.79. The Morgan fingerprint density at radius 3 is 2.60 bits per heavy atom. The fraction of sp³-hybridized carbons (Fsp3) is 0.387. The van der Waals surface area contributed by atoms with Crippen LogP contribution < -0.4 is 15.9 Å². The normalized spacial score (nSPS) is 26.8. The van der Waals surface area contributed by atoms with Crippen molar-refractivity contribution in [1.82, 2.24) is 14.5 Å². The van der Waals surface area contributed by atoms with Crippen molar-refractivity contribution in [3.63, 3.8) is 0 Å². The molecule has 3 aromatic rings. The second-order valence-electron chi connectivity index (χ2n) is 11.5. The second-order valence-corrected chi connectivity index (χ2v) is 11.5. The number of pyridine rings is 1. The molecule has 3 aliphatic rings. The van der Waals surface area contributed by atoms with Gasteiger partial charge in [-0.25, -0.2) is 8.78 Å². The molecule has 0 radical (unpaired) electrons. The van der Waals surface area contributed by atoms with Crippen LogP contribution in [-0.4, -0.2) is 61.8 Å². The zero-order valence-corrected chi connectivity index (χ0v) is 23.7. The summed E-state index contributed by atoms with van der Waals surface area (Å²) in [5.41, 5.74) is 3.95. The predicted molar refractivity (Wildman–Crippen MR) is 150 cm³/mol. The number of fused-ring (bicyclic) bond motifs is 5. The third-order valence-electron chi connectivity index (χ3n) is 8.94. The van der Waals surface area contributed by atoms with Crippen molar-refractivity contribution >= 4 is 11.8 Å². The molecule has 2 amide bonds. The molecule has 5 atom stereocenters. The second kappa shape index (κ2) is 10.9. The van der Waals surface area contributed by atoms with Crippen LogP contribution >= 0.6 is 0 Å². The molecule has 10 nitrogen and oxygen atoms in total. The molecule has 0 saturated carbocycles. The van der Waals surface area contributed by atoms with E-state index in [0.29, 0.717) is 12.8 Å². The number of benzene rings is 2. The SMILES string of the molecule is CC1[C@@H](O)[C@]2(CC[C@H](C)N3C[C@H]2n2cc(C(N)=O)c(=O)c(OCc4ccccc4)c2C3=O)ON1Cc1ccc(F)cc1F. The van der Waals surface area contributed by atoms with E-state index in [1.54, 1.807) is 36.1 Å². The maximum Gasteiger partial charge on any atom is 0.274 e. The lowest BCUT2D eigenvalue weighted by Crippen LogP contribution is -2.56. The van der Waals surface area contributed by atoms with Gasteiger partial charge in [0.15, 0.2) is 11.4 Å². The Morgan fingerprint density at radius 1 is 1.16 bits per heavy atom. The molecule has 12 heteroatoms. The molecular formula is C31H32F2N4O6. The minimum Gasteiger partial charge on any atom is -0.483 e. The van der Waals surface area contributed by atoms with Crippen LogP contribution in [0.15, 0.2) is 59.5 Å². The number of nitrogens with two attached hydrogens (primary N) is 1. The molecule has 2 saturated heterocycles. The van der Waals surface area contributed by atoms with Crippen LogP contribution in [0.3, 0.4) is 0 Å². The summed E-state index contributed by atoms with van der Waals surface area (Å²) in [6.07, 6.45) is 0.871. The molecule has 0 aliphatic carbocycles. The first kappa shape index (κ1) is 29.0. The van der Waals surface area contributed by atoms with E-state index in [-0.39, 0.29) is 48.3 Å². The van der Waals surface area contributed by atoms with Crippen LogP contribution in [0.1, 0.15) is 64.7 Å².